The number of carbonyl (C=O) groups is 1. The summed E-state index contributed by atoms with van der Waals surface area (Å²) in [6.45, 7) is 0. The van der Waals surface area contributed by atoms with Crippen LogP contribution in [-0.2, 0) is 24.1 Å². The lowest BCUT2D eigenvalue weighted by Gasteiger charge is -2.39. The van der Waals surface area contributed by atoms with Crippen LogP contribution in [0.2, 0.25) is 0 Å². The van der Waals surface area contributed by atoms with Crippen molar-refractivity contribution >= 4 is 27.3 Å². The highest BCUT2D eigenvalue weighted by Gasteiger charge is 2.51. The summed E-state index contributed by atoms with van der Waals surface area (Å²) in [5.74, 6) is -6.24. The molecule has 204 valence electrons. The summed E-state index contributed by atoms with van der Waals surface area (Å²) in [5.41, 5.74) is -1.92. The number of aliphatic carboxylic acids is 1. The van der Waals surface area contributed by atoms with Crippen molar-refractivity contribution in [1.29, 1.82) is 0 Å². The summed E-state index contributed by atoms with van der Waals surface area (Å²) in [7, 11) is -5.35. The molecule has 3 aromatic rings. The summed E-state index contributed by atoms with van der Waals surface area (Å²) in [6.07, 6.45) is -11.6. The molecule has 5 atom stereocenters. The van der Waals surface area contributed by atoms with Crippen LogP contribution in [0.3, 0.4) is 0 Å². The minimum absolute atomic E-state index is 0.0395. The van der Waals surface area contributed by atoms with Gasteiger partial charge in [0.25, 0.3) is 0 Å². The van der Waals surface area contributed by atoms with Crippen molar-refractivity contribution in [2.45, 2.75) is 30.7 Å². The quantitative estimate of drug-likeness (QED) is 0.175. The summed E-state index contributed by atoms with van der Waals surface area (Å²) in [4.78, 5) is 24.4. The van der Waals surface area contributed by atoms with E-state index in [9.17, 15) is 53.8 Å². The van der Waals surface area contributed by atoms with Crippen molar-refractivity contribution < 1.29 is 71.6 Å². The maximum Gasteiger partial charge on any atom is 0.397 e. The van der Waals surface area contributed by atoms with Gasteiger partial charge in [-0.2, -0.15) is 8.42 Å². The first-order valence-electron chi connectivity index (χ1n) is 10.3. The highest BCUT2D eigenvalue weighted by Crippen LogP contribution is 2.44. The zero-order valence-electron chi connectivity index (χ0n) is 18.5. The lowest BCUT2D eigenvalue weighted by molar-refractivity contribution is -0.266. The van der Waals surface area contributed by atoms with Crippen LogP contribution in [-0.4, -0.2) is 85.4 Å². The zero-order valence-corrected chi connectivity index (χ0v) is 19.3. The fourth-order valence-electron chi connectivity index (χ4n) is 3.73. The Kier molecular flexibility index (Phi) is 6.82. The largest absolute Gasteiger partial charge is 0.508 e. The van der Waals surface area contributed by atoms with Crippen LogP contribution in [0, 0.1) is 0 Å². The summed E-state index contributed by atoms with van der Waals surface area (Å²) >= 11 is 0. The van der Waals surface area contributed by atoms with Crippen molar-refractivity contribution in [3.05, 3.63) is 40.6 Å². The molecule has 0 aliphatic carbocycles. The van der Waals surface area contributed by atoms with Gasteiger partial charge in [0.05, 0.1) is 0 Å². The van der Waals surface area contributed by atoms with Crippen molar-refractivity contribution in [3.8, 4) is 40.1 Å². The van der Waals surface area contributed by atoms with Gasteiger partial charge in [0, 0.05) is 11.6 Å². The number of hydrogen-bond donors (Lipinski definition) is 8. The summed E-state index contributed by atoms with van der Waals surface area (Å²) in [6, 6.07) is 5.45. The van der Waals surface area contributed by atoms with E-state index in [-0.39, 0.29) is 11.3 Å². The van der Waals surface area contributed by atoms with E-state index in [4.69, 9.17) is 18.4 Å². The van der Waals surface area contributed by atoms with Crippen molar-refractivity contribution in [2.24, 2.45) is 0 Å². The molecule has 0 radical (unpaired) electrons. The minimum Gasteiger partial charge on any atom is -0.508 e. The van der Waals surface area contributed by atoms with E-state index < -0.39 is 92.2 Å². The Hall–Kier alpha value is -4.13. The molecule has 1 aliphatic heterocycles. The van der Waals surface area contributed by atoms with E-state index in [1.807, 2.05) is 0 Å². The SMILES string of the molecule is O=C(O)[C@H]1O[C@@H](Oc2c(O)cc(O)c3c(=O)c(O)c(-c4ccc(O)cc4)oc23)[C@H](O)[C@@H](OS(=O)(=O)O)[C@@H]1O. The molecule has 4 rings (SSSR count). The van der Waals surface area contributed by atoms with Crippen LogP contribution in [0.15, 0.2) is 39.5 Å². The number of benzene rings is 2. The Labute approximate surface area is 210 Å². The van der Waals surface area contributed by atoms with Crippen molar-refractivity contribution in [2.75, 3.05) is 0 Å². The molecule has 0 spiro atoms. The third-order valence-corrected chi connectivity index (χ3v) is 5.90. The molecular weight excluding hydrogens is 540 g/mol. The van der Waals surface area contributed by atoms with Gasteiger partial charge in [-0.3, -0.25) is 9.35 Å². The van der Waals surface area contributed by atoms with E-state index >= 15 is 0 Å². The number of carboxylic acid groups (broad SMARTS) is 1. The van der Waals surface area contributed by atoms with Gasteiger partial charge >= 0.3 is 16.4 Å². The first-order chi connectivity index (χ1) is 17.7. The van der Waals surface area contributed by atoms with Gasteiger partial charge in [-0.05, 0) is 24.3 Å². The molecule has 1 aliphatic rings. The number of aliphatic hydroxyl groups is 2. The van der Waals surface area contributed by atoms with Gasteiger partial charge < -0.3 is 49.6 Å². The Balaban J connectivity index is 1.87. The first-order valence-corrected chi connectivity index (χ1v) is 11.7. The molecule has 1 saturated heterocycles. The Bertz CT molecular complexity index is 1560. The molecule has 2 heterocycles. The Morgan fingerprint density at radius 1 is 0.974 bits per heavy atom. The normalized spacial score (nSPS) is 23.8. The number of carboxylic acids is 1. The fourth-order valence-corrected chi connectivity index (χ4v) is 4.24. The first kappa shape index (κ1) is 26.9. The van der Waals surface area contributed by atoms with Crippen LogP contribution in [0.4, 0.5) is 0 Å². The van der Waals surface area contributed by atoms with Gasteiger partial charge in [0.15, 0.2) is 23.2 Å². The van der Waals surface area contributed by atoms with Crippen LogP contribution < -0.4 is 10.2 Å². The number of fused-ring (bicyclic) bond motifs is 1. The predicted octanol–water partition coefficient (Wildman–Crippen LogP) is -0.620. The molecule has 17 heteroatoms. The standard InChI is InChI=1S/C21H18O16S/c22-7-3-1-6(2-4-7)15-12(26)11(25)10-8(23)5-9(24)16(17(10)34-15)35-21-14(28)18(37-38(31,32)33)13(27)19(36-21)20(29)30/h1-5,13-14,18-19,21-24,26-28H,(H,29,30)(H,31,32,33)/t13-,14+,18-,19-,21+/m0/s1. The van der Waals surface area contributed by atoms with Crippen molar-refractivity contribution in [1.82, 2.24) is 0 Å². The van der Waals surface area contributed by atoms with E-state index in [1.54, 1.807) is 0 Å². The van der Waals surface area contributed by atoms with Crippen LogP contribution >= 0.6 is 0 Å². The zero-order chi connectivity index (χ0) is 28.1. The van der Waals surface area contributed by atoms with Gasteiger partial charge in [-0.25, -0.2) is 8.98 Å². The van der Waals surface area contributed by atoms with Crippen molar-refractivity contribution in [3.63, 3.8) is 0 Å². The second-order valence-electron chi connectivity index (χ2n) is 7.95. The Morgan fingerprint density at radius 2 is 1.61 bits per heavy atom. The molecule has 0 bridgehead atoms. The average Bonchev–Trinajstić information content (AvgIpc) is 2.82. The topological polar surface area (TPSA) is 271 Å². The molecule has 0 unspecified atom stereocenters. The summed E-state index contributed by atoms with van der Waals surface area (Å²) < 4.78 is 51.4. The van der Waals surface area contributed by atoms with Gasteiger partial charge in [0.2, 0.25) is 23.2 Å². The number of phenols is 3. The van der Waals surface area contributed by atoms with Gasteiger partial charge in [0.1, 0.15) is 35.2 Å². The average molecular weight is 558 g/mol. The van der Waals surface area contributed by atoms with Gasteiger partial charge in [-0.1, -0.05) is 0 Å². The Morgan fingerprint density at radius 3 is 2.18 bits per heavy atom. The molecular formula is C21H18O16S. The maximum absolute atomic E-state index is 12.9. The number of aliphatic hydroxyl groups excluding tert-OH is 2. The van der Waals surface area contributed by atoms with Crippen LogP contribution in [0.5, 0.6) is 28.7 Å². The van der Waals surface area contributed by atoms with E-state index in [2.05, 4.69) is 4.18 Å². The van der Waals surface area contributed by atoms with Crippen LogP contribution in [0.25, 0.3) is 22.3 Å². The smallest absolute Gasteiger partial charge is 0.397 e. The molecule has 16 nitrogen and oxygen atoms in total. The highest BCUT2D eigenvalue weighted by molar-refractivity contribution is 7.80. The lowest BCUT2D eigenvalue weighted by atomic mass is 9.99. The number of hydrogen-bond acceptors (Lipinski definition) is 14. The third-order valence-electron chi connectivity index (χ3n) is 5.44. The molecule has 0 amide bonds. The second kappa shape index (κ2) is 9.63. The number of rotatable bonds is 6. The van der Waals surface area contributed by atoms with E-state index in [1.165, 1.54) is 24.3 Å². The fraction of sp³-hybridized carbons (Fsp3) is 0.238. The second-order valence-corrected chi connectivity index (χ2v) is 9.00. The molecule has 1 aromatic heterocycles. The van der Waals surface area contributed by atoms with Crippen LogP contribution in [0.1, 0.15) is 0 Å². The monoisotopic (exact) mass is 558 g/mol. The maximum atomic E-state index is 12.9. The minimum atomic E-state index is -5.35. The molecule has 0 saturated carbocycles. The molecule has 2 aromatic carbocycles. The summed E-state index contributed by atoms with van der Waals surface area (Å²) in [5, 5.41) is 69.8. The highest BCUT2D eigenvalue weighted by atomic mass is 32.3. The number of ether oxygens (including phenoxy) is 2. The van der Waals surface area contributed by atoms with E-state index in [0.29, 0.717) is 6.07 Å². The number of aromatic hydroxyl groups is 4. The molecule has 1 fully saturated rings. The number of phenolic OH excluding ortho intramolecular Hbond substituents is 3. The lowest BCUT2D eigenvalue weighted by Crippen LogP contribution is -2.62. The molecule has 38 heavy (non-hydrogen) atoms. The molecule has 8 N–H and O–H groups in total. The van der Waals surface area contributed by atoms with Gasteiger partial charge in [-0.15, -0.1) is 0 Å². The predicted molar refractivity (Wildman–Crippen MR) is 120 cm³/mol. The van der Waals surface area contributed by atoms with E-state index in [0.717, 1.165) is 0 Å². The third kappa shape index (κ3) is 4.88.